The van der Waals surface area contributed by atoms with E-state index < -0.39 is 0 Å². The van der Waals surface area contributed by atoms with Crippen molar-refractivity contribution in [2.75, 3.05) is 0 Å². The third-order valence-corrected chi connectivity index (χ3v) is 3.50. The van der Waals surface area contributed by atoms with Gasteiger partial charge in [0, 0.05) is 12.1 Å². The monoisotopic (exact) mass is 273 g/mol. The molecule has 0 aliphatic rings. The summed E-state index contributed by atoms with van der Waals surface area (Å²) in [5.74, 6) is 0.00826. The van der Waals surface area contributed by atoms with Gasteiger partial charge >= 0.3 is 0 Å². The second kappa shape index (κ2) is 9.35. The maximum absolute atomic E-state index is 11.9. The van der Waals surface area contributed by atoms with Crippen LogP contribution in [0.1, 0.15) is 57.1 Å². The molecule has 1 N–H and O–H groups in total. The van der Waals surface area contributed by atoms with E-state index in [9.17, 15) is 4.79 Å². The molecule has 0 fully saturated rings. The molecule has 1 atom stereocenters. The molecule has 1 aromatic carbocycles. The summed E-state index contributed by atoms with van der Waals surface area (Å²) in [6.45, 7) is 6.38. The van der Waals surface area contributed by atoms with Gasteiger partial charge in [0.2, 0.25) is 5.91 Å². The first-order chi connectivity index (χ1) is 9.65. The highest BCUT2D eigenvalue weighted by atomic mass is 16.1. The van der Waals surface area contributed by atoms with Crippen molar-refractivity contribution in [3.8, 4) is 0 Å². The van der Waals surface area contributed by atoms with Crippen LogP contribution in [0.3, 0.4) is 0 Å². The molecule has 0 aliphatic carbocycles. The molecular formula is C18H27NO. The zero-order valence-electron chi connectivity index (χ0n) is 13.0. The molecule has 0 spiro atoms. The number of amides is 1. The van der Waals surface area contributed by atoms with Crippen molar-refractivity contribution in [2.24, 2.45) is 0 Å². The van der Waals surface area contributed by atoms with Crippen molar-refractivity contribution < 1.29 is 4.79 Å². The summed E-state index contributed by atoms with van der Waals surface area (Å²) >= 11 is 0. The number of carbonyl (C=O) groups excluding carboxylic acids is 1. The van der Waals surface area contributed by atoms with Crippen LogP contribution < -0.4 is 5.32 Å². The van der Waals surface area contributed by atoms with Crippen molar-refractivity contribution in [1.82, 2.24) is 5.32 Å². The molecule has 0 saturated carbocycles. The Bertz CT molecular complexity index is 420. The molecule has 110 valence electrons. The lowest BCUT2D eigenvalue weighted by molar-refractivity contribution is -0.117. The third kappa shape index (κ3) is 6.55. The highest BCUT2D eigenvalue weighted by molar-refractivity contribution is 5.91. The SMILES string of the molecule is CCCCCC(CC)NC(=O)/C=C/c1ccc(C)cc1. The van der Waals surface area contributed by atoms with E-state index in [1.807, 2.05) is 18.2 Å². The van der Waals surface area contributed by atoms with Crippen LogP contribution in [-0.2, 0) is 4.79 Å². The maximum Gasteiger partial charge on any atom is 0.244 e. The molecule has 0 radical (unpaired) electrons. The number of hydrogen-bond donors (Lipinski definition) is 1. The summed E-state index contributed by atoms with van der Waals surface area (Å²) in [7, 11) is 0. The second-order valence-corrected chi connectivity index (χ2v) is 5.35. The number of nitrogens with one attached hydrogen (secondary N) is 1. The number of rotatable bonds is 8. The summed E-state index contributed by atoms with van der Waals surface area (Å²) in [5, 5.41) is 3.08. The molecule has 20 heavy (non-hydrogen) atoms. The Labute approximate surface area is 123 Å². The number of unbranched alkanes of at least 4 members (excludes halogenated alkanes) is 2. The summed E-state index contributed by atoms with van der Waals surface area (Å²) in [6, 6.07) is 8.46. The zero-order chi connectivity index (χ0) is 14.8. The van der Waals surface area contributed by atoms with E-state index >= 15 is 0 Å². The van der Waals surface area contributed by atoms with E-state index in [1.54, 1.807) is 6.08 Å². The van der Waals surface area contributed by atoms with Gasteiger partial charge in [-0.15, -0.1) is 0 Å². The average Bonchev–Trinajstić information content (AvgIpc) is 2.46. The highest BCUT2D eigenvalue weighted by Gasteiger charge is 2.07. The van der Waals surface area contributed by atoms with E-state index in [2.05, 4.69) is 38.2 Å². The molecule has 2 nitrogen and oxygen atoms in total. The van der Waals surface area contributed by atoms with Crippen molar-refractivity contribution >= 4 is 12.0 Å². The van der Waals surface area contributed by atoms with Gasteiger partial charge in [0.1, 0.15) is 0 Å². The van der Waals surface area contributed by atoms with E-state index in [1.165, 1.54) is 24.8 Å². The molecule has 1 rings (SSSR count). The molecule has 1 amide bonds. The first-order valence-corrected chi connectivity index (χ1v) is 7.71. The fourth-order valence-electron chi connectivity index (χ4n) is 2.12. The topological polar surface area (TPSA) is 29.1 Å². The minimum absolute atomic E-state index is 0.00826. The summed E-state index contributed by atoms with van der Waals surface area (Å²) < 4.78 is 0. The van der Waals surface area contributed by atoms with Crippen molar-refractivity contribution in [1.29, 1.82) is 0 Å². The Morgan fingerprint density at radius 3 is 2.50 bits per heavy atom. The largest absolute Gasteiger partial charge is 0.350 e. The van der Waals surface area contributed by atoms with Gasteiger partial charge in [0.05, 0.1) is 0 Å². The standard InChI is InChI=1S/C18H27NO/c1-4-6-7-8-17(5-2)19-18(20)14-13-16-11-9-15(3)10-12-16/h9-14,17H,4-8H2,1-3H3,(H,19,20)/b14-13+. The van der Waals surface area contributed by atoms with Crippen molar-refractivity contribution in [3.05, 3.63) is 41.5 Å². The van der Waals surface area contributed by atoms with Crippen LogP contribution in [0.25, 0.3) is 6.08 Å². The molecule has 0 saturated heterocycles. The van der Waals surface area contributed by atoms with Crippen molar-refractivity contribution in [3.63, 3.8) is 0 Å². The summed E-state index contributed by atoms with van der Waals surface area (Å²) in [6.07, 6.45) is 9.23. The Balaban J connectivity index is 2.42. The lowest BCUT2D eigenvalue weighted by Crippen LogP contribution is -2.33. The summed E-state index contributed by atoms with van der Waals surface area (Å²) in [4.78, 5) is 11.9. The number of carbonyl (C=O) groups is 1. The van der Waals surface area contributed by atoms with E-state index in [0.29, 0.717) is 6.04 Å². The van der Waals surface area contributed by atoms with Crippen LogP contribution in [0, 0.1) is 6.92 Å². The van der Waals surface area contributed by atoms with Crippen LogP contribution in [0.5, 0.6) is 0 Å². The first-order valence-electron chi connectivity index (χ1n) is 7.71. The summed E-state index contributed by atoms with van der Waals surface area (Å²) in [5.41, 5.74) is 2.29. The zero-order valence-corrected chi connectivity index (χ0v) is 13.0. The van der Waals surface area contributed by atoms with Gasteiger partial charge in [-0.05, 0) is 31.4 Å². The molecule has 1 aromatic rings. The van der Waals surface area contributed by atoms with Crippen LogP contribution >= 0.6 is 0 Å². The molecule has 2 heteroatoms. The molecular weight excluding hydrogens is 246 g/mol. The fourth-order valence-corrected chi connectivity index (χ4v) is 2.12. The fraction of sp³-hybridized carbons (Fsp3) is 0.500. The van der Waals surface area contributed by atoms with Gasteiger partial charge < -0.3 is 5.32 Å². The Kier molecular flexibility index (Phi) is 7.71. The van der Waals surface area contributed by atoms with Gasteiger partial charge in [0.25, 0.3) is 0 Å². The van der Waals surface area contributed by atoms with E-state index in [4.69, 9.17) is 0 Å². The molecule has 0 aromatic heterocycles. The first kappa shape index (κ1) is 16.5. The number of hydrogen-bond acceptors (Lipinski definition) is 1. The molecule has 0 bridgehead atoms. The van der Waals surface area contributed by atoms with Gasteiger partial charge in [0.15, 0.2) is 0 Å². The van der Waals surface area contributed by atoms with Crippen LogP contribution in [0.4, 0.5) is 0 Å². The second-order valence-electron chi connectivity index (χ2n) is 5.35. The number of aryl methyl sites for hydroxylation is 1. The van der Waals surface area contributed by atoms with Gasteiger partial charge in [-0.2, -0.15) is 0 Å². The molecule has 0 aliphatic heterocycles. The Morgan fingerprint density at radius 1 is 1.20 bits per heavy atom. The van der Waals surface area contributed by atoms with Crippen LogP contribution in [0.2, 0.25) is 0 Å². The van der Waals surface area contributed by atoms with Crippen LogP contribution in [-0.4, -0.2) is 11.9 Å². The van der Waals surface area contributed by atoms with Gasteiger partial charge in [-0.1, -0.05) is 62.9 Å². The quantitative estimate of drug-likeness (QED) is 0.549. The molecule has 0 heterocycles. The van der Waals surface area contributed by atoms with Gasteiger partial charge in [-0.25, -0.2) is 0 Å². The van der Waals surface area contributed by atoms with E-state index in [0.717, 1.165) is 18.4 Å². The average molecular weight is 273 g/mol. The lowest BCUT2D eigenvalue weighted by Gasteiger charge is -2.15. The Morgan fingerprint density at radius 2 is 1.90 bits per heavy atom. The third-order valence-electron chi connectivity index (χ3n) is 3.50. The normalized spacial score (nSPS) is 12.6. The van der Waals surface area contributed by atoms with Crippen molar-refractivity contribution in [2.45, 2.75) is 58.9 Å². The van der Waals surface area contributed by atoms with E-state index in [-0.39, 0.29) is 5.91 Å². The minimum Gasteiger partial charge on any atom is -0.350 e. The molecule has 1 unspecified atom stereocenters. The maximum atomic E-state index is 11.9. The minimum atomic E-state index is 0.00826. The number of benzene rings is 1. The predicted octanol–water partition coefficient (Wildman–Crippen LogP) is 4.48. The smallest absolute Gasteiger partial charge is 0.244 e. The van der Waals surface area contributed by atoms with Crippen LogP contribution in [0.15, 0.2) is 30.3 Å². The highest BCUT2D eigenvalue weighted by Crippen LogP contribution is 2.07. The lowest BCUT2D eigenvalue weighted by atomic mass is 10.1. The van der Waals surface area contributed by atoms with Gasteiger partial charge in [-0.3, -0.25) is 4.79 Å². The Hall–Kier alpha value is -1.57. The predicted molar refractivity (Wildman–Crippen MR) is 86.6 cm³/mol.